The van der Waals surface area contributed by atoms with Crippen LogP contribution in [0.1, 0.15) is 35.5 Å². The largest absolute Gasteiger partial charge is 0.369 e. The predicted octanol–water partition coefficient (Wildman–Crippen LogP) is 3.84. The van der Waals surface area contributed by atoms with E-state index in [0.717, 1.165) is 43.1 Å². The van der Waals surface area contributed by atoms with Gasteiger partial charge in [-0.05, 0) is 57.3 Å². The molecule has 0 bridgehead atoms. The van der Waals surface area contributed by atoms with Crippen LogP contribution in [0, 0.1) is 5.82 Å². The first kappa shape index (κ1) is 23.8. The molecule has 188 valence electrons. The Bertz CT molecular complexity index is 1280. The lowest BCUT2D eigenvalue weighted by molar-refractivity contribution is 0.102. The lowest BCUT2D eigenvalue weighted by atomic mass is 10.0. The molecule has 0 saturated carbocycles. The van der Waals surface area contributed by atoms with E-state index in [2.05, 4.69) is 37.7 Å². The van der Waals surface area contributed by atoms with E-state index in [1.165, 1.54) is 12.1 Å². The standard InChI is InChI=1S/C26H30FN7O2/c1-26(2)22-19(16-34(26)25(36)28-21-7-5-4-6-20(21)27)23(31-30-22)29-24(35)17-8-10-18(11-9-17)33-14-12-32(3)13-15-33/h4-11H,12-16H2,1-3H3,(H,28,36)(H2,29,30,31,35). The molecule has 0 unspecified atom stereocenters. The molecule has 2 aliphatic heterocycles. The third kappa shape index (κ3) is 4.39. The van der Waals surface area contributed by atoms with Crippen molar-refractivity contribution in [3.05, 3.63) is 71.2 Å². The number of piperazine rings is 1. The fourth-order valence-corrected chi connectivity index (χ4v) is 4.76. The van der Waals surface area contributed by atoms with Crippen LogP contribution in [0.25, 0.3) is 0 Å². The normalized spacial score (nSPS) is 17.1. The lowest BCUT2D eigenvalue weighted by Crippen LogP contribution is -2.44. The number of fused-ring (bicyclic) bond motifs is 1. The number of rotatable bonds is 4. The number of nitrogens with one attached hydrogen (secondary N) is 3. The summed E-state index contributed by atoms with van der Waals surface area (Å²) < 4.78 is 14.0. The molecule has 2 aromatic carbocycles. The van der Waals surface area contributed by atoms with Gasteiger partial charge in [-0.3, -0.25) is 9.89 Å². The first-order chi connectivity index (χ1) is 17.2. The van der Waals surface area contributed by atoms with Crippen LogP contribution in [-0.2, 0) is 12.1 Å². The number of H-pyrrole nitrogens is 1. The molecule has 0 radical (unpaired) electrons. The number of aromatic amines is 1. The molecule has 36 heavy (non-hydrogen) atoms. The molecule has 3 aromatic rings. The summed E-state index contributed by atoms with van der Waals surface area (Å²) in [5, 5.41) is 12.8. The van der Waals surface area contributed by atoms with Crippen molar-refractivity contribution in [3.63, 3.8) is 0 Å². The van der Waals surface area contributed by atoms with Gasteiger partial charge in [-0.25, -0.2) is 9.18 Å². The van der Waals surface area contributed by atoms with Gasteiger partial charge in [0.2, 0.25) is 0 Å². The number of aromatic nitrogens is 2. The van der Waals surface area contributed by atoms with E-state index < -0.39 is 17.4 Å². The highest BCUT2D eigenvalue weighted by Crippen LogP contribution is 2.41. The van der Waals surface area contributed by atoms with E-state index in [1.807, 2.05) is 38.1 Å². The van der Waals surface area contributed by atoms with Crippen molar-refractivity contribution < 1.29 is 14.0 Å². The summed E-state index contributed by atoms with van der Waals surface area (Å²) in [7, 11) is 2.12. The Morgan fingerprint density at radius 2 is 1.69 bits per heavy atom. The SMILES string of the molecule is CN1CCN(c2ccc(C(=O)Nc3n[nH]c4c3CN(C(=O)Nc3ccccc3F)C4(C)C)cc2)CC1. The number of likely N-dealkylation sites (N-methyl/N-ethyl adjacent to an activating group) is 1. The lowest BCUT2D eigenvalue weighted by Gasteiger charge is -2.34. The first-order valence-corrected chi connectivity index (χ1v) is 12.0. The molecule has 10 heteroatoms. The van der Waals surface area contributed by atoms with Crippen molar-refractivity contribution in [2.75, 3.05) is 48.8 Å². The second-order valence-corrected chi connectivity index (χ2v) is 9.77. The van der Waals surface area contributed by atoms with Crippen LogP contribution in [0.2, 0.25) is 0 Å². The molecule has 1 fully saturated rings. The second kappa shape index (κ2) is 9.27. The Balaban J connectivity index is 1.27. The summed E-state index contributed by atoms with van der Waals surface area (Å²) in [5.41, 5.74) is 2.46. The van der Waals surface area contributed by atoms with Crippen molar-refractivity contribution in [1.29, 1.82) is 0 Å². The Morgan fingerprint density at radius 3 is 2.39 bits per heavy atom. The van der Waals surface area contributed by atoms with Crippen molar-refractivity contribution >= 4 is 29.1 Å². The van der Waals surface area contributed by atoms with Gasteiger partial charge in [0.25, 0.3) is 5.91 Å². The fourth-order valence-electron chi connectivity index (χ4n) is 4.76. The molecule has 3 heterocycles. The van der Waals surface area contributed by atoms with Crippen LogP contribution >= 0.6 is 0 Å². The van der Waals surface area contributed by atoms with Crippen LogP contribution in [0.15, 0.2) is 48.5 Å². The Labute approximate surface area is 209 Å². The number of hydrogen-bond acceptors (Lipinski definition) is 5. The highest BCUT2D eigenvalue weighted by molar-refractivity contribution is 6.04. The number of halogens is 1. The van der Waals surface area contributed by atoms with E-state index >= 15 is 0 Å². The van der Waals surface area contributed by atoms with Crippen LogP contribution in [0.5, 0.6) is 0 Å². The number of amides is 3. The molecule has 5 rings (SSSR count). The molecular formula is C26H30FN7O2. The topological polar surface area (TPSA) is 96.6 Å². The molecule has 1 saturated heterocycles. The van der Waals surface area contributed by atoms with Crippen LogP contribution in [-0.4, -0.2) is 65.2 Å². The number of urea groups is 1. The summed E-state index contributed by atoms with van der Waals surface area (Å²) in [4.78, 5) is 32.2. The van der Waals surface area contributed by atoms with Crippen LogP contribution in [0.3, 0.4) is 0 Å². The Morgan fingerprint density at radius 1 is 1.00 bits per heavy atom. The average molecular weight is 492 g/mol. The van der Waals surface area contributed by atoms with Crippen molar-refractivity contribution in [2.24, 2.45) is 0 Å². The minimum atomic E-state index is -0.731. The third-order valence-electron chi connectivity index (χ3n) is 7.06. The summed E-state index contributed by atoms with van der Waals surface area (Å²) in [5.74, 6) is -0.400. The van der Waals surface area contributed by atoms with Crippen molar-refractivity contribution in [1.82, 2.24) is 20.0 Å². The van der Waals surface area contributed by atoms with Gasteiger partial charge in [-0.1, -0.05) is 12.1 Å². The molecular weight excluding hydrogens is 461 g/mol. The summed E-state index contributed by atoms with van der Waals surface area (Å²) >= 11 is 0. The minimum absolute atomic E-state index is 0.112. The van der Waals surface area contributed by atoms with Gasteiger partial charge >= 0.3 is 6.03 Å². The third-order valence-corrected chi connectivity index (χ3v) is 7.06. The molecule has 3 N–H and O–H groups in total. The maximum atomic E-state index is 14.0. The van der Waals surface area contributed by atoms with E-state index in [4.69, 9.17) is 0 Å². The fraction of sp³-hybridized carbons (Fsp3) is 0.346. The molecule has 9 nitrogen and oxygen atoms in total. The van der Waals surface area contributed by atoms with Gasteiger partial charge in [-0.2, -0.15) is 5.10 Å². The highest BCUT2D eigenvalue weighted by Gasteiger charge is 2.44. The first-order valence-electron chi connectivity index (χ1n) is 12.0. The zero-order chi connectivity index (χ0) is 25.4. The predicted molar refractivity (Wildman–Crippen MR) is 137 cm³/mol. The molecule has 2 aliphatic rings. The van der Waals surface area contributed by atoms with E-state index in [-0.39, 0.29) is 18.1 Å². The van der Waals surface area contributed by atoms with Gasteiger partial charge < -0.3 is 25.3 Å². The summed E-state index contributed by atoms with van der Waals surface area (Å²) in [6.07, 6.45) is 0. The van der Waals surface area contributed by atoms with Gasteiger partial charge in [0.15, 0.2) is 5.82 Å². The maximum absolute atomic E-state index is 14.0. The van der Waals surface area contributed by atoms with Gasteiger partial charge in [0, 0.05) is 43.0 Å². The zero-order valence-electron chi connectivity index (χ0n) is 20.6. The zero-order valence-corrected chi connectivity index (χ0v) is 20.6. The smallest absolute Gasteiger partial charge is 0.323 e. The van der Waals surface area contributed by atoms with E-state index in [1.54, 1.807) is 17.0 Å². The number of nitrogens with zero attached hydrogens (tertiary/aromatic N) is 4. The monoisotopic (exact) mass is 491 g/mol. The summed E-state index contributed by atoms with van der Waals surface area (Å²) in [6.45, 7) is 7.91. The number of benzene rings is 2. The quantitative estimate of drug-likeness (QED) is 0.516. The minimum Gasteiger partial charge on any atom is -0.369 e. The molecule has 1 aromatic heterocycles. The maximum Gasteiger partial charge on any atom is 0.323 e. The molecule has 3 amide bonds. The van der Waals surface area contributed by atoms with E-state index in [0.29, 0.717) is 11.4 Å². The van der Waals surface area contributed by atoms with Gasteiger partial charge in [0.05, 0.1) is 23.5 Å². The summed E-state index contributed by atoms with van der Waals surface area (Å²) in [6, 6.07) is 13.1. The van der Waals surface area contributed by atoms with Crippen LogP contribution in [0.4, 0.5) is 26.4 Å². The number of carbonyl (C=O) groups excluding carboxylic acids is 2. The Hall–Kier alpha value is -3.92. The van der Waals surface area contributed by atoms with Crippen molar-refractivity contribution in [2.45, 2.75) is 25.9 Å². The number of anilines is 3. The Kier molecular flexibility index (Phi) is 6.13. The van der Waals surface area contributed by atoms with E-state index in [9.17, 15) is 14.0 Å². The molecule has 0 atom stereocenters. The number of hydrogen-bond donors (Lipinski definition) is 3. The highest BCUT2D eigenvalue weighted by atomic mass is 19.1. The van der Waals surface area contributed by atoms with Crippen molar-refractivity contribution in [3.8, 4) is 0 Å². The van der Waals surface area contributed by atoms with Crippen LogP contribution < -0.4 is 15.5 Å². The van der Waals surface area contributed by atoms with Gasteiger partial charge in [-0.15, -0.1) is 0 Å². The number of para-hydroxylation sites is 1. The second-order valence-electron chi connectivity index (χ2n) is 9.77. The van der Waals surface area contributed by atoms with Gasteiger partial charge in [0.1, 0.15) is 5.82 Å². The molecule has 0 aliphatic carbocycles. The molecule has 0 spiro atoms. The number of carbonyl (C=O) groups is 2. The average Bonchev–Trinajstić information content (AvgIpc) is 3.39.